The minimum atomic E-state index is -0.0567. The van der Waals surface area contributed by atoms with Crippen molar-refractivity contribution in [2.24, 2.45) is 0 Å². The molecule has 2 rings (SSSR count). The van der Waals surface area contributed by atoms with Gasteiger partial charge in [0.05, 0.1) is 5.75 Å². The first-order chi connectivity index (χ1) is 10.1. The van der Waals surface area contributed by atoms with Gasteiger partial charge in [0, 0.05) is 5.69 Å². The number of benzene rings is 1. The normalized spacial score (nSPS) is 12.1. The zero-order valence-corrected chi connectivity index (χ0v) is 13.3. The van der Waals surface area contributed by atoms with E-state index < -0.39 is 0 Å². The first kappa shape index (κ1) is 15.6. The van der Waals surface area contributed by atoms with Crippen molar-refractivity contribution < 1.29 is 4.79 Å². The summed E-state index contributed by atoms with van der Waals surface area (Å²) < 4.78 is 0. The number of H-pyrrole nitrogens is 1. The largest absolute Gasteiger partial charge is 0.325 e. The molecule has 0 aliphatic heterocycles. The van der Waals surface area contributed by atoms with Crippen molar-refractivity contribution in [2.75, 3.05) is 11.1 Å². The molecule has 2 aromatic rings. The van der Waals surface area contributed by atoms with Gasteiger partial charge in [0.1, 0.15) is 5.82 Å². The van der Waals surface area contributed by atoms with Crippen LogP contribution in [0.1, 0.15) is 37.6 Å². The molecular formula is C15H20N4OS. The Labute approximate surface area is 128 Å². The molecule has 112 valence electrons. The third-order valence-electron chi connectivity index (χ3n) is 3.28. The van der Waals surface area contributed by atoms with Gasteiger partial charge in [-0.25, -0.2) is 4.98 Å². The van der Waals surface area contributed by atoms with Crippen LogP contribution in [0.3, 0.4) is 0 Å². The molecule has 0 radical (unpaired) electrons. The van der Waals surface area contributed by atoms with Gasteiger partial charge in [0.25, 0.3) is 0 Å². The van der Waals surface area contributed by atoms with E-state index in [9.17, 15) is 4.79 Å². The third-order valence-corrected chi connectivity index (χ3v) is 4.13. The number of hydrogen-bond donors (Lipinski definition) is 2. The summed E-state index contributed by atoms with van der Waals surface area (Å²) in [5.41, 5.74) is 2.11. The van der Waals surface area contributed by atoms with Gasteiger partial charge in [-0.3, -0.25) is 9.89 Å². The van der Waals surface area contributed by atoms with Crippen LogP contribution < -0.4 is 5.32 Å². The van der Waals surface area contributed by atoms with Crippen LogP contribution in [-0.4, -0.2) is 26.8 Å². The molecule has 21 heavy (non-hydrogen) atoms. The summed E-state index contributed by atoms with van der Waals surface area (Å²) in [4.78, 5) is 16.0. The lowest BCUT2D eigenvalue weighted by atomic mass is 9.99. The van der Waals surface area contributed by atoms with Crippen LogP contribution >= 0.6 is 11.8 Å². The number of rotatable bonds is 6. The number of carbonyl (C=O) groups excluding carboxylic acids is 1. The van der Waals surface area contributed by atoms with Crippen LogP contribution in [0, 0.1) is 6.92 Å². The number of thioether (sulfide) groups is 1. The molecule has 2 N–H and O–H groups in total. The molecule has 0 bridgehead atoms. The lowest BCUT2D eigenvalue weighted by Crippen LogP contribution is -2.14. The van der Waals surface area contributed by atoms with Crippen molar-refractivity contribution in [2.45, 2.75) is 38.3 Å². The quantitative estimate of drug-likeness (QED) is 0.803. The van der Waals surface area contributed by atoms with Crippen molar-refractivity contribution in [1.82, 2.24) is 15.2 Å². The molecule has 1 amide bonds. The van der Waals surface area contributed by atoms with Crippen LogP contribution in [0.2, 0.25) is 0 Å². The third kappa shape index (κ3) is 4.60. The predicted octanol–water partition coefficient (Wildman–Crippen LogP) is 3.36. The predicted molar refractivity (Wildman–Crippen MR) is 85.6 cm³/mol. The van der Waals surface area contributed by atoms with Gasteiger partial charge in [-0.2, -0.15) is 0 Å². The maximum absolute atomic E-state index is 11.9. The van der Waals surface area contributed by atoms with Gasteiger partial charge in [0.15, 0.2) is 0 Å². The van der Waals surface area contributed by atoms with Gasteiger partial charge in [-0.1, -0.05) is 37.7 Å². The van der Waals surface area contributed by atoms with Crippen molar-refractivity contribution in [3.05, 3.63) is 35.7 Å². The van der Waals surface area contributed by atoms with Gasteiger partial charge in [0.2, 0.25) is 11.1 Å². The van der Waals surface area contributed by atoms with Crippen LogP contribution in [0.25, 0.3) is 0 Å². The maximum atomic E-state index is 11.9. The Morgan fingerprint density at radius 3 is 2.67 bits per heavy atom. The van der Waals surface area contributed by atoms with Gasteiger partial charge >= 0.3 is 0 Å². The number of carbonyl (C=O) groups is 1. The summed E-state index contributed by atoms with van der Waals surface area (Å²) in [6, 6.07) is 8.02. The Kier molecular flexibility index (Phi) is 5.38. The summed E-state index contributed by atoms with van der Waals surface area (Å²) in [7, 11) is 0. The molecule has 6 heteroatoms. The monoisotopic (exact) mass is 304 g/mol. The van der Waals surface area contributed by atoms with E-state index >= 15 is 0 Å². The highest BCUT2D eigenvalue weighted by molar-refractivity contribution is 7.99. The molecule has 0 saturated carbocycles. The molecule has 1 unspecified atom stereocenters. The smallest absolute Gasteiger partial charge is 0.234 e. The van der Waals surface area contributed by atoms with Crippen molar-refractivity contribution in [3.8, 4) is 0 Å². The summed E-state index contributed by atoms with van der Waals surface area (Å²) in [5, 5.41) is 10.2. The van der Waals surface area contributed by atoms with Crippen LogP contribution in [0.4, 0.5) is 5.69 Å². The SMILES string of the molecule is CCC(C)c1ccc(NC(=O)CSc2n[nH]c(C)n2)cc1. The van der Waals surface area contributed by atoms with E-state index in [2.05, 4.69) is 46.5 Å². The number of nitrogens with one attached hydrogen (secondary N) is 2. The van der Waals surface area contributed by atoms with Crippen LogP contribution in [-0.2, 0) is 4.79 Å². The molecule has 0 aliphatic carbocycles. The topological polar surface area (TPSA) is 70.7 Å². The zero-order valence-electron chi connectivity index (χ0n) is 12.5. The minimum absolute atomic E-state index is 0.0567. The van der Waals surface area contributed by atoms with Crippen molar-refractivity contribution in [1.29, 1.82) is 0 Å². The lowest BCUT2D eigenvalue weighted by Gasteiger charge is -2.10. The number of aromatic nitrogens is 3. The number of nitrogens with zero attached hydrogens (tertiary/aromatic N) is 2. The van der Waals surface area contributed by atoms with E-state index in [4.69, 9.17) is 0 Å². The summed E-state index contributed by atoms with van der Waals surface area (Å²) >= 11 is 1.31. The molecule has 0 saturated heterocycles. The van der Waals surface area contributed by atoms with Gasteiger partial charge in [-0.05, 0) is 37.0 Å². The molecule has 1 atom stereocenters. The summed E-state index contributed by atoms with van der Waals surface area (Å²) in [6.45, 7) is 6.20. The number of amides is 1. The van der Waals surface area contributed by atoms with Gasteiger partial charge < -0.3 is 5.32 Å². The first-order valence-corrected chi connectivity index (χ1v) is 7.98. The average molecular weight is 304 g/mol. The van der Waals surface area contributed by atoms with Gasteiger partial charge in [-0.15, -0.1) is 5.10 Å². The molecule has 1 heterocycles. The molecule has 1 aromatic heterocycles. The molecule has 0 fully saturated rings. The second-order valence-electron chi connectivity index (χ2n) is 4.97. The van der Waals surface area contributed by atoms with E-state index in [1.807, 2.05) is 19.1 Å². The Balaban J connectivity index is 1.84. The summed E-state index contributed by atoms with van der Waals surface area (Å²) in [5.74, 6) is 1.53. The minimum Gasteiger partial charge on any atom is -0.325 e. The van der Waals surface area contributed by atoms with Crippen molar-refractivity contribution in [3.63, 3.8) is 0 Å². The Bertz CT molecular complexity index is 594. The van der Waals surface area contributed by atoms with E-state index in [0.717, 1.165) is 17.9 Å². The second kappa shape index (κ2) is 7.26. The van der Waals surface area contributed by atoms with E-state index in [1.165, 1.54) is 17.3 Å². The number of aromatic amines is 1. The molecule has 0 spiro atoms. The highest BCUT2D eigenvalue weighted by atomic mass is 32.2. The summed E-state index contributed by atoms with van der Waals surface area (Å²) in [6.07, 6.45) is 1.11. The van der Waals surface area contributed by atoms with E-state index in [-0.39, 0.29) is 5.91 Å². The Hall–Kier alpha value is -1.82. The van der Waals surface area contributed by atoms with E-state index in [1.54, 1.807) is 0 Å². The zero-order chi connectivity index (χ0) is 15.2. The van der Waals surface area contributed by atoms with E-state index in [0.29, 0.717) is 16.8 Å². The fraction of sp³-hybridized carbons (Fsp3) is 0.400. The maximum Gasteiger partial charge on any atom is 0.234 e. The number of anilines is 1. The first-order valence-electron chi connectivity index (χ1n) is 7.00. The standard InChI is InChI=1S/C15H20N4OS/c1-4-10(2)12-5-7-13(8-6-12)17-14(20)9-21-15-16-11(3)18-19-15/h5-8,10H,4,9H2,1-3H3,(H,17,20)(H,16,18,19). The molecule has 5 nitrogen and oxygen atoms in total. The highest BCUT2D eigenvalue weighted by Crippen LogP contribution is 2.20. The van der Waals surface area contributed by atoms with Crippen LogP contribution in [0.15, 0.2) is 29.4 Å². The second-order valence-corrected chi connectivity index (χ2v) is 5.91. The lowest BCUT2D eigenvalue weighted by molar-refractivity contribution is -0.113. The molecule has 1 aromatic carbocycles. The Morgan fingerprint density at radius 2 is 2.10 bits per heavy atom. The molecule has 0 aliphatic rings. The highest BCUT2D eigenvalue weighted by Gasteiger charge is 2.07. The number of hydrogen-bond acceptors (Lipinski definition) is 4. The fourth-order valence-corrected chi connectivity index (χ4v) is 2.49. The van der Waals surface area contributed by atoms with Crippen LogP contribution in [0.5, 0.6) is 0 Å². The Morgan fingerprint density at radius 1 is 1.38 bits per heavy atom. The number of aryl methyl sites for hydroxylation is 1. The molecular weight excluding hydrogens is 284 g/mol. The fourth-order valence-electron chi connectivity index (χ4n) is 1.84. The van der Waals surface area contributed by atoms with Crippen molar-refractivity contribution >= 4 is 23.4 Å². The average Bonchev–Trinajstić information content (AvgIpc) is 2.91.